The van der Waals surface area contributed by atoms with E-state index >= 15 is 0 Å². The summed E-state index contributed by atoms with van der Waals surface area (Å²) in [5.41, 5.74) is 0. The van der Waals surface area contributed by atoms with Gasteiger partial charge in [0.05, 0.1) is 13.5 Å². The van der Waals surface area contributed by atoms with Crippen LogP contribution < -0.4 is 0 Å². The molecule has 0 aromatic rings. The van der Waals surface area contributed by atoms with Crippen molar-refractivity contribution in [1.82, 2.24) is 0 Å². The molecule has 74 valence electrons. The van der Waals surface area contributed by atoms with Crippen LogP contribution in [0.5, 0.6) is 0 Å². The van der Waals surface area contributed by atoms with Crippen molar-refractivity contribution in [3.05, 3.63) is 12.2 Å². The van der Waals surface area contributed by atoms with Gasteiger partial charge < -0.3 is 4.74 Å². The van der Waals surface area contributed by atoms with Gasteiger partial charge in [0, 0.05) is 0 Å². The number of hydrogen-bond donors (Lipinski definition) is 0. The van der Waals surface area contributed by atoms with Crippen LogP contribution in [0.4, 0.5) is 0 Å². The fourth-order valence-electron chi connectivity index (χ4n) is 1.36. The van der Waals surface area contributed by atoms with E-state index in [0.717, 1.165) is 0 Å². The molecule has 0 aromatic carbocycles. The quantitative estimate of drug-likeness (QED) is 0.516. The van der Waals surface area contributed by atoms with Gasteiger partial charge in [-0.15, -0.1) is 0 Å². The Balaban J connectivity index is 2.18. The number of esters is 1. The summed E-state index contributed by atoms with van der Waals surface area (Å²) in [7, 11) is 1.42. The van der Waals surface area contributed by atoms with Gasteiger partial charge in [-0.2, -0.15) is 11.8 Å². The minimum Gasteiger partial charge on any atom is -0.469 e. The number of rotatable bonds is 3. The highest BCUT2D eigenvalue weighted by molar-refractivity contribution is 7.99. The summed E-state index contributed by atoms with van der Waals surface area (Å²) >= 11 is 2.00. The first kappa shape index (κ1) is 10.6. The van der Waals surface area contributed by atoms with Crippen molar-refractivity contribution in [2.75, 3.05) is 18.6 Å². The highest BCUT2D eigenvalue weighted by Gasteiger charge is 2.09. The van der Waals surface area contributed by atoms with Gasteiger partial charge in [-0.05, 0) is 30.3 Å². The molecule has 1 fully saturated rings. The maximum Gasteiger partial charge on any atom is 0.309 e. The van der Waals surface area contributed by atoms with Gasteiger partial charge in [0.1, 0.15) is 0 Å². The number of ether oxygens (including phenoxy) is 1. The molecule has 0 amide bonds. The molecule has 0 spiro atoms. The van der Waals surface area contributed by atoms with Crippen LogP contribution in [0.15, 0.2) is 12.2 Å². The molecular weight excluding hydrogens is 184 g/mol. The maximum atomic E-state index is 10.8. The van der Waals surface area contributed by atoms with E-state index in [-0.39, 0.29) is 5.97 Å². The third-order valence-corrected chi connectivity index (χ3v) is 3.36. The predicted molar refractivity (Wildman–Crippen MR) is 55.8 cm³/mol. The summed E-state index contributed by atoms with van der Waals surface area (Å²) in [6.07, 6.45) is 7.08. The van der Waals surface area contributed by atoms with E-state index in [1.165, 1.54) is 31.5 Å². The molecule has 1 atom stereocenters. The van der Waals surface area contributed by atoms with E-state index in [1.54, 1.807) is 0 Å². The average Bonchev–Trinajstić information content (AvgIpc) is 2.19. The number of carbonyl (C=O) groups is 1. The first-order valence-electron chi connectivity index (χ1n) is 4.64. The average molecular weight is 200 g/mol. The normalized spacial score (nSPS) is 23.3. The molecule has 1 rings (SSSR count). The molecule has 0 N–H and O–H groups in total. The zero-order valence-corrected chi connectivity index (χ0v) is 8.81. The number of methoxy groups -OCH3 is 1. The smallest absolute Gasteiger partial charge is 0.309 e. The first-order valence-corrected chi connectivity index (χ1v) is 5.79. The van der Waals surface area contributed by atoms with E-state index in [9.17, 15) is 4.79 Å². The summed E-state index contributed by atoms with van der Waals surface area (Å²) < 4.78 is 4.54. The second-order valence-electron chi connectivity index (χ2n) is 3.19. The van der Waals surface area contributed by atoms with Crippen molar-refractivity contribution in [3.63, 3.8) is 0 Å². The molecule has 13 heavy (non-hydrogen) atoms. The van der Waals surface area contributed by atoms with Gasteiger partial charge in [0.25, 0.3) is 0 Å². The summed E-state index contributed by atoms with van der Waals surface area (Å²) in [4.78, 5) is 10.8. The lowest BCUT2D eigenvalue weighted by Crippen LogP contribution is -2.07. The van der Waals surface area contributed by atoms with E-state index in [4.69, 9.17) is 0 Å². The third-order valence-electron chi connectivity index (χ3n) is 2.12. The fraction of sp³-hybridized carbons (Fsp3) is 0.700. The summed E-state index contributed by atoms with van der Waals surface area (Å²) in [5.74, 6) is 3.02. The van der Waals surface area contributed by atoms with Crippen LogP contribution in [-0.2, 0) is 9.53 Å². The Hall–Kier alpha value is -0.440. The van der Waals surface area contributed by atoms with E-state index < -0.39 is 0 Å². The van der Waals surface area contributed by atoms with Gasteiger partial charge in [0.2, 0.25) is 0 Å². The molecule has 0 saturated carbocycles. The summed E-state index contributed by atoms with van der Waals surface area (Å²) in [6.45, 7) is 0. The van der Waals surface area contributed by atoms with Crippen LogP contribution in [-0.4, -0.2) is 24.6 Å². The standard InChI is InChI=1S/C10H16O2S/c1-12-10(11)6-2-4-9-5-3-7-13-8-9/h2,4,9H,3,5-8H2,1H3/b4-2-. The number of hydrogen-bond acceptors (Lipinski definition) is 3. The molecule has 1 aliphatic rings. The maximum absolute atomic E-state index is 10.8. The molecule has 3 heteroatoms. The molecular formula is C10H16O2S. The lowest BCUT2D eigenvalue weighted by atomic mass is 10.0. The Morgan fingerprint density at radius 2 is 2.54 bits per heavy atom. The molecule has 2 nitrogen and oxygen atoms in total. The topological polar surface area (TPSA) is 26.3 Å². The van der Waals surface area contributed by atoms with Gasteiger partial charge in [-0.1, -0.05) is 12.2 Å². The lowest BCUT2D eigenvalue weighted by Gasteiger charge is -2.17. The molecule has 1 heterocycles. The zero-order valence-electron chi connectivity index (χ0n) is 7.99. The van der Waals surface area contributed by atoms with Crippen molar-refractivity contribution in [1.29, 1.82) is 0 Å². The minimum absolute atomic E-state index is 0.153. The summed E-state index contributed by atoms with van der Waals surface area (Å²) in [6, 6.07) is 0. The van der Waals surface area contributed by atoms with Gasteiger partial charge >= 0.3 is 5.97 Å². The highest BCUT2D eigenvalue weighted by atomic mass is 32.2. The van der Waals surface area contributed by atoms with Crippen LogP contribution in [0.1, 0.15) is 19.3 Å². The molecule has 1 saturated heterocycles. The van der Waals surface area contributed by atoms with Crippen molar-refractivity contribution in [3.8, 4) is 0 Å². The Bertz CT molecular complexity index is 183. The second-order valence-corrected chi connectivity index (χ2v) is 4.34. The number of carbonyl (C=O) groups excluding carboxylic acids is 1. The number of allylic oxidation sites excluding steroid dienone is 1. The minimum atomic E-state index is -0.153. The SMILES string of the molecule is COC(=O)C/C=C\C1CCCSC1. The van der Waals surface area contributed by atoms with Crippen LogP contribution >= 0.6 is 11.8 Å². The largest absolute Gasteiger partial charge is 0.469 e. The van der Waals surface area contributed by atoms with Gasteiger partial charge in [-0.3, -0.25) is 4.79 Å². The van der Waals surface area contributed by atoms with Crippen LogP contribution in [0.25, 0.3) is 0 Å². The molecule has 1 aliphatic heterocycles. The highest BCUT2D eigenvalue weighted by Crippen LogP contribution is 2.23. The number of thioether (sulfide) groups is 1. The van der Waals surface area contributed by atoms with Crippen LogP contribution in [0, 0.1) is 5.92 Å². The Morgan fingerprint density at radius 3 is 3.15 bits per heavy atom. The molecule has 0 aromatic heterocycles. The van der Waals surface area contributed by atoms with Crippen molar-refractivity contribution < 1.29 is 9.53 Å². The van der Waals surface area contributed by atoms with Crippen molar-refractivity contribution in [2.45, 2.75) is 19.3 Å². The molecule has 0 bridgehead atoms. The van der Waals surface area contributed by atoms with Gasteiger partial charge in [-0.25, -0.2) is 0 Å². The van der Waals surface area contributed by atoms with Gasteiger partial charge in [0.15, 0.2) is 0 Å². The zero-order chi connectivity index (χ0) is 9.52. The fourth-order valence-corrected chi connectivity index (χ4v) is 2.48. The van der Waals surface area contributed by atoms with Crippen molar-refractivity contribution in [2.24, 2.45) is 5.92 Å². The third kappa shape index (κ3) is 4.36. The monoisotopic (exact) mass is 200 g/mol. The Morgan fingerprint density at radius 1 is 1.69 bits per heavy atom. The Labute approximate surface area is 83.7 Å². The molecule has 0 radical (unpaired) electrons. The molecule has 1 unspecified atom stereocenters. The predicted octanol–water partition coefficient (Wildman–Crippen LogP) is 2.25. The van der Waals surface area contributed by atoms with E-state index in [2.05, 4.69) is 10.8 Å². The first-order chi connectivity index (χ1) is 6.33. The van der Waals surface area contributed by atoms with E-state index in [1.807, 2.05) is 17.8 Å². The van der Waals surface area contributed by atoms with Crippen molar-refractivity contribution >= 4 is 17.7 Å². The summed E-state index contributed by atoms with van der Waals surface area (Å²) in [5, 5.41) is 0. The molecule has 0 aliphatic carbocycles. The van der Waals surface area contributed by atoms with Crippen LogP contribution in [0.2, 0.25) is 0 Å². The lowest BCUT2D eigenvalue weighted by molar-refractivity contribution is -0.139. The Kier molecular flexibility index (Phi) is 4.98. The van der Waals surface area contributed by atoms with E-state index in [0.29, 0.717) is 12.3 Å². The van der Waals surface area contributed by atoms with Crippen LogP contribution in [0.3, 0.4) is 0 Å². The second kappa shape index (κ2) is 6.08.